The molecule has 0 aromatic rings. The molecule has 0 aliphatic carbocycles. The summed E-state index contributed by atoms with van der Waals surface area (Å²) < 4.78 is 6.00. The van der Waals surface area contributed by atoms with Gasteiger partial charge in [-0.2, -0.15) is 0 Å². The van der Waals surface area contributed by atoms with Gasteiger partial charge >= 0.3 is 0 Å². The van der Waals surface area contributed by atoms with E-state index in [-0.39, 0.29) is 40.2 Å². The van der Waals surface area contributed by atoms with Crippen LogP contribution in [0.2, 0.25) is 0 Å². The Morgan fingerprint density at radius 2 is 1.06 bits per heavy atom. The van der Waals surface area contributed by atoms with E-state index in [9.17, 15) is 0 Å². The second-order valence-electron chi connectivity index (χ2n) is 7.89. The monoisotopic (exact) mass is 360 g/mol. The molecule has 0 heterocycles. The first-order valence-electron chi connectivity index (χ1n) is 6.70. The van der Waals surface area contributed by atoms with Crippen LogP contribution in [0.4, 0.5) is 0 Å². The van der Waals surface area contributed by atoms with Crippen LogP contribution >= 0.6 is 0 Å². The first kappa shape index (κ1) is 20.7. The minimum atomic E-state index is 0. The van der Waals surface area contributed by atoms with Crippen LogP contribution in [-0.2, 0) is 4.74 Å². The van der Waals surface area contributed by atoms with Gasteiger partial charge in [0.05, 0.1) is 6.61 Å². The number of allylic oxidation sites excluding steroid dienone is 2. The number of hydrogen-bond donors (Lipinski definition) is 0. The summed E-state index contributed by atoms with van der Waals surface area (Å²) in [5, 5.41) is 0. The second kappa shape index (κ2) is 6.67. The van der Waals surface area contributed by atoms with Crippen LogP contribution in [0.5, 0.6) is 0 Å². The Morgan fingerprint density at radius 3 is 1.22 bits per heavy atom. The summed E-state index contributed by atoms with van der Waals surface area (Å²) in [7, 11) is 0. The SMILES string of the molecule is CCOC(=C(C(C)(C)C)C(C)(C)C)C(C)(C)C.[Sn]. The summed E-state index contributed by atoms with van der Waals surface area (Å²) in [6.45, 7) is 23.2. The molecular formula is C16H32OSn. The Morgan fingerprint density at radius 1 is 0.722 bits per heavy atom. The summed E-state index contributed by atoms with van der Waals surface area (Å²) in [6, 6.07) is 0. The fourth-order valence-electron chi connectivity index (χ4n) is 2.61. The molecule has 2 heteroatoms. The Bertz CT molecular complexity index is 266. The van der Waals surface area contributed by atoms with Crippen LogP contribution in [0, 0.1) is 16.2 Å². The van der Waals surface area contributed by atoms with Gasteiger partial charge in [-0.3, -0.25) is 0 Å². The molecule has 1 nitrogen and oxygen atoms in total. The largest absolute Gasteiger partial charge is 0.498 e. The molecule has 0 aromatic heterocycles. The van der Waals surface area contributed by atoms with Crippen molar-refractivity contribution in [3.63, 3.8) is 0 Å². The van der Waals surface area contributed by atoms with Crippen LogP contribution in [-0.4, -0.2) is 30.5 Å². The molecule has 0 unspecified atom stereocenters. The van der Waals surface area contributed by atoms with Gasteiger partial charge in [-0.25, -0.2) is 0 Å². The molecule has 106 valence electrons. The van der Waals surface area contributed by atoms with Crippen molar-refractivity contribution in [3.05, 3.63) is 11.3 Å². The van der Waals surface area contributed by atoms with Gasteiger partial charge in [0.1, 0.15) is 5.76 Å². The van der Waals surface area contributed by atoms with E-state index in [1.165, 1.54) is 11.3 Å². The summed E-state index contributed by atoms with van der Waals surface area (Å²) >= 11 is 0. The smallest absolute Gasteiger partial charge is 0.101 e. The van der Waals surface area contributed by atoms with E-state index in [2.05, 4.69) is 69.2 Å². The predicted octanol–water partition coefficient (Wildman–Crippen LogP) is 5.03. The Hall–Kier alpha value is 0.339. The van der Waals surface area contributed by atoms with Crippen LogP contribution in [0.3, 0.4) is 0 Å². The van der Waals surface area contributed by atoms with E-state index in [0.717, 1.165) is 6.61 Å². The molecule has 4 radical (unpaired) electrons. The van der Waals surface area contributed by atoms with E-state index in [4.69, 9.17) is 4.74 Å². The first-order valence-corrected chi connectivity index (χ1v) is 6.70. The average Bonchev–Trinajstić information content (AvgIpc) is 1.96. The summed E-state index contributed by atoms with van der Waals surface area (Å²) in [6.07, 6.45) is 0. The van der Waals surface area contributed by atoms with Gasteiger partial charge in [0.15, 0.2) is 0 Å². The molecule has 0 fully saturated rings. The van der Waals surface area contributed by atoms with Crippen molar-refractivity contribution in [1.29, 1.82) is 0 Å². The van der Waals surface area contributed by atoms with Crippen molar-refractivity contribution < 1.29 is 4.74 Å². The number of ether oxygens (including phenoxy) is 1. The maximum absolute atomic E-state index is 6.00. The fraction of sp³-hybridized carbons (Fsp3) is 0.875. The number of rotatable bonds is 2. The minimum absolute atomic E-state index is 0. The van der Waals surface area contributed by atoms with Crippen molar-refractivity contribution >= 4 is 23.9 Å². The zero-order chi connectivity index (χ0) is 14.1. The van der Waals surface area contributed by atoms with Crippen molar-refractivity contribution in [2.24, 2.45) is 16.2 Å². The van der Waals surface area contributed by atoms with Crippen LogP contribution in [0.1, 0.15) is 69.2 Å². The van der Waals surface area contributed by atoms with Crippen LogP contribution in [0.25, 0.3) is 0 Å². The van der Waals surface area contributed by atoms with Gasteiger partial charge in [-0.15, -0.1) is 0 Å². The van der Waals surface area contributed by atoms with E-state index in [0.29, 0.717) is 0 Å². The summed E-state index contributed by atoms with van der Waals surface area (Å²) in [4.78, 5) is 0. The maximum Gasteiger partial charge on any atom is 0.101 e. The van der Waals surface area contributed by atoms with Gasteiger partial charge in [-0.05, 0) is 23.3 Å². The molecule has 0 rings (SSSR count). The van der Waals surface area contributed by atoms with E-state index in [1.807, 2.05) is 0 Å². The first-order chi connectivity index (χ1) is 7.31. The third-order valence-corrected chi connectivity index (χ3v) is 2.70. The Labute approximate surface area is 132 Å². The summed E-state index contributed by atoms with van der Waals surface area (Å²) in [5.74, 6) is 1.17. The Balaban J connectivity index is 0. The van der Waals surface area contributed by atoms with Crippen molar-refractivity contribution in [2.75, 3.05) is 6.61 Å². The molecule has 0 aromatic carbocycles. The molecule has 0 saturated carbocycles. The van der Waals surface area contributed by atoms with E-state index >= 15 is 0 Å². The quantitative estimate of drug-likeness (QED) is 0.496. The molecule has 0 bridgehead atoms. The zero-order valence-corrected chi connectivity index (χ0v) is 17.0. The second-order valence-corrected chi connectivity index (χ2v) is 7.89. The van der Waals surface area contributed by atoms with Gasteiger partial charge in [0.25, 0.3) is 0 Å². The third kappa shape index (κ3) is 5.99. The summed E-state index contributed by atoms with van der Waals surface area (Å²) in [5.41, 5.74) is 1.76. The zero-order valence-electron chi connectivity index (χ0n) is 14.1. The molecule has 0 aliphatic heterocycles. The average molecular weight is 359 g/mol. The normalized spacial score (nSPS) is 12.8. The predicted molar refractivity (Wildman–Crippen MR) is 82.8 cm³/mol. The molecule has 0 amide bonds. The Kier molecular flexibility index (Phi) is 7.66. The molecule has 18 heavy (non-hydrogen) atoms. The van der Waals surface area contributed by atoms with Crippen LogP contribution in [0.15, 0.2) is 11.3 Å². The van der Waals surface area contributed by atoms with Gasteiger partial charge in [-0.1, -0.05) is 62.3 Å². The van der Waals surface area contributed by atoms with Gasteiger partial charge < -0.3 is 4.74 Å². The topological polar surface area (TPSA) is 9.23 Å². The van der Waals surface area contributed by atoms with Crippen molar-refractivity contribution in [2.45, 2.75) is 69.2 Å². The number of hydrogen-bond acceptors (Lipinski definition) is 1. The minimum Gasteiger partial charge on any atom is -0.498 e. The molecule has 0 N–H and O–H groups in total. The van der Waals surface area contributed by atoms with E-state index in [1.54, 1.807) is 0 Å². The molecule has 0 atom stereocenters. The molecule has 0 spiro atoms. The standard InChI is InChI=1S/C16H32O.Sn/c1-11-17-13(16(8,9)10)12(14(2,3)4)15(5,6)7;/h11H2,1-10H3;. The fourth-order valence-corrected chi connectivity index (χ4v) is 2.61. The van der Waals surface area contributed by atoms with Crippen molar-refractivity contribution in [1.82, 2.24) is 0 Å². The van der Waals surface area contributed by atoms with Gasteiger partial charge in [0.2, 0.25) is 0 Å². The third-order valence-electron chi connectivity index (χ3n) is 2.70. The molecular weight excluding hydrogens is 327 g/mol. The van der Waals surface area contributed by atoms with Crippen molar-refractivity contribution in [3.8, 4) is 0 Å². The van der Waals surface area contributed by atoms with Crippen LogP contribution < -0.4 is 0 Å². The maximum atomic E-state index is 6.00. The van der Waals surface area contributed by atoms with Gasteiger partial charge in [0, 0.05) is 29.3 Å². The molecule has 0 aliphatic rings. The van der Waals surface area contributed by atoms with E-state index < -0.39 is 0 Å². The molecule has 0 saturated heterocycles.